The molecule has 4 aliphatic rings. The summed E-state index contributed by atoms with van der Waals surface area (Å²) < 4.78 is -0.651. The molecule has 7 nitrogen and oxygen atoms in total. The van der Waals surface area contributed by atoms with Gasteiger partial charge in [-0.25, -0.2) is 0 Å². The molecule has 35 heavy (non-hydrogen) atoms. The Hall–Kier alpha value is -2.06. The number of benzene rings is 1. The van der Waals surface area contributed by atoms with E-state index in [1.54, 1.807) is 16.7 Å². The van der Waals surface area contributed by atoms with Crippen LogP contribution in [0.3, 0.4) is 0 Å². The van der Waals surface area contributed by atoms with Gasteiger partial charge in [0.2, 0.25) is 17.7 Å². The Kier molecular flexibility index (Phi) is 6.87. The van der Waals surface area contributed by atoms with Gasteiger partial charge in [0.25, 0.3) is 0 Å². The predicted octanol–water partition coefficient (Wildman–Crippen LogP) is 3.18. The van der Waals surface area contributed by atoms with Gasteiger partial charge in [0.05, 0.1) is 29.2 Å². The van der Waals surface area contributed by atoms with Gasteiger partial charge in [0.1, 0.15) is 6.04 Å². The zero-order valence-electron chi connectivity index (χ0n) is 20.6. The molecule has 3 heterocycles. The zero-order chi connectivity index (χ0) is 24.7. The first kappa shape index (κ1) is 24.6. The molecule has 190 valence electrons. The summed E-state index contributed by atoms with van der Waals surface area (Å²) >= 11 is 1.68. The Morgan fingerprint density at radius 1 is 1.17 bits per heavy atom. The zero-order valence-corrected chi connectivity index (χ0v) is 21.4. The number of fused-ring (bicyclic) bond motifs is 1. The quantitative estimate of drug-likeness (QED) is 0.535. The van der Waals surface area contributed by atoms with E-state index in [1.165, 1.54) is 6.42 Å². The molecule has 3 aliphatic heterocycles. The predicted molar refractivity (Wildman–Crippen MR) is 137 cm³/mol. The summed E-state index contributed by atoms with van der Waals surface area (Å²) in [5.41, 5.74) is 0.711. The first-order valence-corrected chi connectivity index (χ1v) is 14.1. The van der Waals surface area contributed by atoms with Crippen molar-refractivity contribution in [3.8, 4) is 0 Å². The second kappa shape index (κ2) is 9.77. The summed E-state index contributed by atoms with van der Waals surface area (Å²) in [5, 5.41) is 16.5. The topological polar surface area (TPSA) is 98.7 Å². The molecule has 1 spiro atoms. The number of para-hydroxylation sites is 1. The second-order valence-electron chi connectivity index (χ2n) is 10.7. The monoisotopic (exact) mass is 499 g/mol. The normalized spacial score (nSPS) is 35.1. The number of anilines is 1. The maximum Gasteiger partial charge on any atom is 0.244 e. The minimum absolute atomic E-state index is 0.00370. The van der Waals surface area contributed by atoms with Crippen LogP contribution in [0, 0.1) is 17.8 Å². The van der Waals surface area contributed by atoms with Crippen molar-refractivity contribution in [2.24, 2.45) is 17.8 Å². The highest BCUT2D eigenvalue weighted by Crippen LogP contribution is 2.68. The third-order valence-corrected chi connectivity index (χ3v) is 10.9. The molecule has 3 amide bonds. The van der Waals surface area contributed by atoms with Gasteiger partial charge in [-0.1, -0.05) is 51.3 Å². The third kappa shape index (κ3) is 3.97. The number of rotatable bonds is 7. The first-order valence-electron chi connectivity index (χ1n) is 13.2. The molecule has 3 N–H and O–H groups in total. The van der Waals surface area contributed by atoms with Crippen molar-refractivity contribution in [1.29, 1.82) is 0 Å². The lowest BCUT2D eigenvalue weighted by atomic mass is 9.65. The fraction of sp³-hybridized carbons (Fsp3) is 0.667. The van der Waals surface area contributed by atoms with Gasteiger partial charge < -0.3 is 20.6 Å². The van der Waals surface area contributed by atoms with Crippen LogP contribution in [0.5, 0.6) is 0 Å². The summed E-state index contributed by atoms with van der Waals surface area (Å²) in [6, 6.07) is 8.36. The molecular formula is C27H37N3O4S. The number of hydrogen-bond donors (Lipinski definition) is 3. The minimum Gasteiger partial charge on any atom is -0.394 e. The van der Waals surface area contributed by atoms with E-state index >= 15 is 0 Å². The van der Waals surface area contributed by atoms with Crippen LogP contribution in [0.1, 0.15) is 58.8 Å². The van der Waals surface area contributed by atoms with Crippen LogP contribution < -0.4 is 10.6 Å². The lowest BCUT2D eigenvalue weighted by molar-refractivity contribution is -0.142. The number of amides is 3. The van der Waals surface area contributed by atoms with Crippen molar-refractivity contribution in [2.75, 3.05) is 11.9 Å². The molecule has 1 aromatic rings. The molecule has 7 atom stereocenters. The molecule has 0 radical (unpaired) electrons. The smallest absolute Gasteiger partial charge is 0.244 e. The molecule has 1 aliphatic carbocycles. The van der Waals surface area contributed by atoms with Crippen molar-refractivity contribution in [3.63, 3.8) is 0 Å². The Bertz CT molecular complexity index is 964. The third-order valence-electron chi connectivity index (χ3n) is 8.80. The highest BCUT2D eigenvalue weighted by Gasteiger charge is 2.76. The van der Waals surface area contributed by atoms with E-state index in [0.29, 0.717) is 12.1 Å². The molecule has 3 saturated heterocycles. The second-order valence-corrected chi connectivity index (χ2v) is 12.3. The van der Waals surface area contributed by atoms with Crippen molar-refractivity contribution in [2.45, 2.75) is 86.9 Å². The summed E-state index contributed by atoms with van der Waals surface area (Å²) in [5.74, 6) is -1.34. The van der Waals surface area contributed by atoms with Crippen molar-refractivity contribution in [3.05, 3.63) is 30.3 Å². The van der Waals surface area contributed by atoms with Crippen LogP contribution >= 0.6 is 11.8 Å². The molecule has 8 heteroatoms. The molecule has 3 unspecified atom stereocenters. The van der Waals surface area contributed by atoms with E-state index in [-0.39, 0.29) is 41.5 Å². The summed E-state index contributed by atoms with van der Waals surface area (Å²) in [7, 11) is 0. The van der Waals surface area contributed by atoms with E-state index in [4.69, 9.17) is 0 Å². The highest BCUT2D eigenvalue weighted by atomic mass is 32.2. The standard InChI is InChI=1S/C27H37N3O4S/c1-3-19(15-31)30-23(25(33)29-18-12-8-5-9-13-18)27-16(2)14-20(35-27)21(22(27)26(30)34)24(32)28-17-10-6-4-7-11-17/h4,6-7,10-11,16,18-23,31H,3,5,8-9,12-15H2,1-2H3,(H,28,32)(H,29,33)/t16?,19-,20-,21+,22-,23?,27?/m0/s1. The minimum atomic E-state index is -0.668. The van der Waals surface area contributed by atoms with Gasteiger partial charge >= 0.3 is 0 Å². The van der Waals surface area contributed by atoms with Gasteiger partial charge in [-0.3, -0.25) is 14.4 Å². The average Bonchev–Trinajstić information content (AvgIpc) is 3.45. The number of carbonyl (C=O) groups excluding carboxylic acids is 3. The van der Waals surface area contributed by atoms with Crippen molar-refractivity contribution < 1.29 is 19.5 Å². The molecule has 1 saturated carbocycles. The average molecular weight is 500 g/mol. The van der Waals surface area contributed by atoms with Crippen LogP contribution in [0.4, 0.5) is 5.69 Å². The molecular weight excluding hydrogens is 462 g/mol. The largest absolute Gasteiger partial charge is 0.394 e. The summed E-state index contributed by atoms with van der Waals surface area (Å²) in [4.78, 5) is 43.3. The van der Waals surface area contributed by atoms with Gasteiger partial charge in [-0.2, -0.15) is 0 Å². The molecule has 4 fully saturated rings. The van der Waals surface area contributed by atoms with Gasteiger partial charge in [0, 0.05) is 17.0 Å². The van der Waals surface area contributed by atoms with Gasteiger partial charge in [-0.15, -0.1) is 11.8 Å². The molecule has 2 bridgehead atoms. The fourth-order valence-electron chi connectivity index (χ4n) is 7.14. The van der Waals surface area contributed by atoms with E-state index in [0.717, 1.165) is 32.1 Å². The fourth-order valence-corrected chi connectivity index (χ4v) is 9.55. The first-order chi connectivity index (χ1) is 16.9. The lowest BCUT2D eigenvalue weighted by Gasteiger charge is -2.40. The Morgan fingerprint density at radius 3 is 2.54 bits per heavy atom. The van der Waals surface area contributed by atoms with Crippen molar-refractivity contribution >= 4 is 35.2 Å². The number of likely N-dealkylation sites (tertiary alicyclic amines) is 1. The maximum atomic E-state index is 14.1. The van der Waals surface area contributed by atoms with Crippen LogP contribution in [0.25, 0.3) is 0 Å². The van der Waals surface area contributed by atoms with Crippen molar-refractivity contribution in [1.82, 2.24) is 10.2 Å². The maximum absolute atomic E-state index is 14.1. The Labute approximate surface area is 211 Å². The van der Waals surface area contributed by atoms with E-state index in [2.05, 4.69) is 17.6 Å². The lowest BCUT2D eigenvalue weighted by Crippen LogP contribution is -2.59. The number of aliphatic hydroxyl groups is 1. The van der Waals surface area contributed by atoms with Crippen LogP contribution in [-0.4, -0.2) is 62.5 Å². The SMILES string of the molecule is CC[C@@H](CO)N1C(=O)[C@@H]2[C@H](C(=O)Nc3ccccc3)[C@@H]3CC(C)C2(S3)C1C(=O)NC1CCCCC1. The van der Waals surface area contributed by atoms with E-state index < -0.39 is 28.7 Å². The number of nitrogens with zero attached hydrogens (tertiary/aromatic N) is 1. The van der Waals surface area contributed by atoms with E-state index in [9.17, 15) is 19.5 Å². The number of nitrogens with one attached hydrogen (secondary N) is 2. The highest BCUT2D eigenvalue weighted by molar-refractivity contribution is 8.02. The number of hydrogen-bond acceptors (Lipinski definition) is 5. The molecule has 1 aromatic carbocycles. The number of thioether (sulfide) groups is 1. The molecule has 0 aromatic heterocycles. The van der Waals surface area contributed by atoms with Crippen LogP contribution in [0.15, 0.2) is 30.3 Å². The Balaban J connectivity index is 1.49. The van der Waals surface area contributed by atoms with Crippen LogP contribution in [-0.2, 0) is 14.4 Å². The van der Waals surface area contributed by atoms with Gasteiger partial charge in [0.15, 0.2) is 0 Å². The van der Waals surface area contributed by atoms with Crippen LogP contribution in [0.2, 0.25) is 0 Å². The summed E-state index contributed by atoms with van der Waals surface area (Å²) in [6.45, 7) is 3.87. The number of carbonyl (C=O) groups is 3. The summed E-state index contributed by atoms with van der Waals surface area (Å²) in [6.07, 6.45) is 6.70. The van der Waals surface area contributed by atoms with E-state index in [1.807, 2.05) is 37.3 Å². The molecule has 5 rings (SSSR count). The van der Waals surface area contributed by atoms with Gasteiger partial charge in [-0.05, 0) is 43.7 Å². The number of aliphatic hydroxyl groups excluding tert-OH is 1. The Morgan fingerprint density at radius 2 is 1.89 bits per heavy atom.